The Morgan fingerprint density at radius 2 is 2.21 bits per heavy atom. The van der Waals surface area contributed by atoms with Crippen LogP contribution in [0.4, 0.5) is 0 Å². The summed E-state index contributed by atoms with van der Waals surface area (Å²) >= 11 is 10.2. The van der Waals surface area contributed by atoms with Gasteiger partial charge < -0.3 is 4.90 Å². The Labute approximate surface area is 184 Å². The molecule has 0 N–H and O–H groups in total. The van der Waals surface area contributed by atoms with Gasteiger partial charge in [-0.25, -0.2) is 0 Å². The first-order valence-electron chi connectivity index (χ1n) is 9.80. The van der Waals surface area contributed by atoms with Crippen molar-refractivity contribution in [2.75, 3.05) is 13.1 Å². The van der Waals surface area contributed by atoms with Crippen LogP contribution in [0.15, 0.2) is 33.6 Å². The molecule has 0 saturated carbocycles. The molecule has 2 saturated heterocycles. The van der Waals surface area contributed by atoms with Crippen molar-refractivity contribution in [2.45, 2.75) is 51.5 Å². The predicted octanol–water partition coefficient (Wildman–Crippen LogP) is 5.22. The fourth-order valence-corrected chi connectivity index (χ4v) is 5.45. The molecular formula is C21H25BrN2O2S2. The summed E-state index contributed by atoms with van der Waals surface area (Å²) in [4.78, 5) is 29.6. The fourth-order valence-electron chi connectivity index (χ4n) is 3.73. The van der Waals surface area contributed by atoms with E-state index in [2.05, 4.69) is 22.9 Å². The molecule has 1 aromatic rings. The van der Waals surface area contributed by atoms with Gasteiger partial charge in [-0.15, -0.1) is 0 Å². The van der Waals surface area contributed by atoms with Crippen LogP contribution in [0.5, 0.6) is 0 Å². The summed E-state index contributed by atoms with van der Waals surface area (Å²) < 4.78 is 1.54. The van der Waals surface area contributed by atoms with Crippen LogP contribution in [0.25, 0.3) is 6.08 Å². The Bertz CT molecular complexity index is 796. The molecule has 7 heteroatoms. The molecule has 1 aromatic carbocycles. The minimum absolute atomic E-state index is 0.0631. The van der Waals surface area contributed by atoms with Gasteiger partial charge >= 0.3 is 0 Å². The van der Waals surface area contributed by atoms with E-state index in [1.165, 1.54) is 18.2 Å². The molecule has 0 spiro atoms. The first-order chi connectivity index (χ1) is 13.5. The van der Waals surface area contributed by atoms with Crippen LogP contribution < -0.4 is 0 Å². The van der Waals surface area contributed by atoms with Crippen molar-refractivity contribution in [1.29, 1.82) is 0 Å². The van der Waals surface area contributed by atoms with Crippen molar-refractivity contribution < 1.29 is 9.59 Å². The first kappa shape index (κ1) is 21.5. The number of piperidine rings is 1. The summed E-state index contributed by atoms with van der Waals surface area (Å²) in [7, 11) is 0. The summed E-state index contributed by atoms with van der Waals surface area (Å²) in [5, 5.41) is 0. The third-order valence-electron chi connectivity index (χ3n) is 5.21. The molecule has 2 aliphatic heterocycles. The molecule has 2 heterocycles. The van der Waals surface area contributed by atoms with Crippen LogP contribution >= 0.6 is 39.9 Å². The Hall–Kier alpha value is -1.18. The maximum absolute atomic E-state index is 12.7. The summed E-state index contributed by atoms with van der Waals surface area (Å²) in [6.07, 6.45) is 7.41. The zero-order valence-corrected chi connectivity index (χ0v) is 19.2. The van der Waals surface area contributed by atoms with E-state index in [1.807, 2.05) is 35.2 Å². The molecular weight excluding hydrogens is 456 g/mol. The van der Waals surface area contributed by atoms with Crippen LogP contribution in [0.1, 0.15) is 51.0 Å². The fraction of sp³-hybridized carbons (Fsp3) is 0.476. The van der Waals surface area contributed by atoms with Gasteiger partial charge in [0, 0.05) is 30.0 Å². The van der Waals surface area contributed by atoms with Crippen LogP contribution in [0.3, 0.4) is 0 Å². The summed E-state index contributed by atoms with van der Waals surface area (Å²) in [5.41, 5.74) is 0.959. The highest BCUT2D eigenvalue weighted by atomic mass is 79.9. The monoisotopic (exact) mass is 480 g/mol. The highest BCUT2D eigenvalue weighted by molar-refractivity contribution is 9.10. The average molecular weight is 481 g/mol. The Balaban J connectivity index is 1.55. The smallest absolute Gasteiger partial charge is 0.266 e. The van der Waals surface area contributed by atoms with Crippen molar-refractivity contribution in [1.82, 2.24) is 9.80 Å². The predicted molar refractivity (Wildman–Crippen MR) is 123 cm³/mol. The second-order valence-corrected chi connectivity index (χ2v) is 9.73. The number of amides is 2. The minimum Gasteiger partial charge on any atom is -0.340 e. The van der Waals surface area contributed by atoms with E-state index in [1.54, 1.807) is 4.90 Å². The zero-order chi connectivity index (χ0) is 20.1. The van der Waals surface area contributed by atoms with Crippen LogP contribution in [0.2, 0.25) is 0 Å². The summed E-state index contributed by atoms with van der Waals surface area (Å²) in [6, 6.07) is 8.19. The number of benzene rings is 1. The maximum Gasteiger partial charge on any atom is 0.266 e. The number of likely N-dealkylation sites (tertiary alicyclic amines) is 1. The lowest BCUT2D eigenvalue weighted by Crippen LogP contribution is -2.43. The van der Waals surface area contributed by atoms with E-state index in [0.717, 1.165) is 35.8 Å². The summed E-state index contributed by atoms with van der Waals surface area (Å²) in [5.74, 6) is 0.147. The molecule has 150 valence electrons. The normalized spacial score (nSPS) is 21.6. The molecule has 1 atom stereocenters. The van der Waals surface area contributed by atoms with Gasteiger partial charge in [-0.05, 0) is 55.9 Å². The van der Waals surface area contributed by atoms with E-state index in [-0.39, 0.29) is 11.8 Å². The van der Waals surface area contributed by atoms with Crippen molar-refractivity contribution >= 4 is 62.1 Å². The summed E-state index contributed by atoms with van der Waals surface area (Å²) in [6.45, 7) is 3.51. The second kappa shape index (κ2) is 10.0. The van der Waals surface area contributed by atoms with Gasteiger partial charge in [-0.3, -0.25) is 14.5 Å². The quantitative estimate of drug-likeness (QED) is 0.413. The van der Waals surface area contributed by atoms with Gasteiger partial charge in [0.05, 0.1) is 4.91 Å². The lowest BCUT2D eigenvalue weighted by Gasteiger charge is -2.35. The molecule has 0 aliphatic carbocycles. The van der Waals surface area contributed by atoms with Gasteiger partial charge in [-0.1, -0.05) is 59.0 Å². The van der Waals surface area contributed by atoms with Gasteiger partial charge in [0.25, 0.3) is 5.91 Å². The van der Waals surface area contributed by atoms with Crippen molar-refractivity contribution in [2.24, 2.45) is 0 Å². The number of thiocarbonyl (C=S) groups is 1. The number of nitrogens with zero attached hydrogens (tertiary/aromatic N) is 2. The molecule has 2 fully saturated rings. The SMILES string of the molecule is CCC1CCCCN1C(=O)CCCN1C(=O)C(=Cc2cccc(Br)c2)SC1=S. The minimum atomic E-state index is -0.0631. The van der Waals surface area contributed by atoms with Gasteiger partial charge in [0.2, 0.25) is 5.91 Å². The zero-order valence-electron chi connectivity index (χ0n) is 16.0. The third kappa shape index (κ3) is 5.24. The molecule has 0 radical (unpaired) electrons. The highest BCUT2D eigenvalue weighted by Gasteiger charge is 2.32. The average Bonchev–Trinajstić information content (AvgIpc) is 2.95. The topological polar surface area (TPSA) is 40.6 Å². The largest absolute Gasteiger partial charge is 0.340 e. The van der Waals surface area contributed by atoms with Crippen molar-refractivity contribution in [3.05, 3.63) is 39.2 Å². The number of halogens is 1. The molecule has 0 aromatic heterocycles. The van der Waals surface area contributed by atoms with Crippen molar-refractivity contribution in [3.63, 3.8) is 0 Å². The Morgan fingerprint density at radius 3 is 2.96 bits per heavy atom. The number of thioether (sulfide) groups is 1. The second-order valence-electron chi connectivity index (χ2n) is 7.14. The van der Waals surface area contributed by atoms with E-state index in [0.29, 0.717) is 34.7 Å². The number of hydrogen-bond acceptors (Lipinski definition) is 4. The lowest BCUT2D eigenvalue weighted by atomic mass is 9.99. The molecule has 28 heavy (non-hydrogen) atoms. The number of rotatable bonds is 6. The Morgan fingerprint density at radius 1 is 1.39 bits per heavy atom. The molecule has 3 rings (SSSR count). The lowest BCUT2D eigenvalue weighted by molar-refractivity contribution is -0.135. The van der Waals surface area contributed by atoms with E-state index < -0.39 is 0 Å². The van der Waals surface area contributed by atoms with E-state index in [9.17, 15) is 9.59 Å². The molecule has 0 bridgehead atoms. The number of hydrogen-bond donors (Lipinski definition) is 0. The molecule has 4 nitrogen and oxygen atoms in total. The van der Waals surface area contributed by atoms with Crippen LogP contribution in [-0.2, 0) is 9.59 Å². The van der Waals surface area contributed by atoms with Crippen LogP contribution in [0, 0.1) is 0 Å². The van der Waals surface area contributed by atoms with Crippen LogP contribution in [-0.4, -0.2) is 45.1 Å². The molecule has 1 unspecified atom stereocenters. The van der Waals surface area contributed by atoms with Gasteiger partial charge in [-0.2, -0.15) is 0 Å². The van der Waals surface area contributed by atoms with Gasteiger partial charge in [0.1, 0.15) is 4.32 Å². The standard InChI is InChI=1S/C21H25BrN2O2S2/c1-2-17-9-3-4-11-23(17)19(25)10-6-12-24-20(26)18(28-21(24)27)14-15-7-5-8-16(22)13-15/h5,7-8,13-14,17H,2-4,6,9-12H2,1H3. The maximum atomic E-state index is 12.7. The first-order valence-corrected chi connectivity index (χ1v) is 11.8. The van der Waals surface area contributed by atoms with Gasteiger partial charge in [0.15, 0.2) is 0 Å². The third-order valence-corrected chi connectivity index (χ3v) is 7.08. The van der Waals surface area contributed by atoms with E-state index >= 15 is 0 Å². The Kier molecular flexibility index (Phi) is 7.71. The highest BCUT2D eigenvalue weighted by Crippen LogP contribution is 2.33. The number of carbonyl (C=O) groups is 2. The molecule has 2 aliphatic rings. The van der Waals surface area contributed by atoms with E-state index in [4.69, 9.17) is 12.2 Å². The molecule has 2 amide bonds. The number of carbonyl (C=O) groups excluding carboxylic acids is 2. The van der Waals surface area contributed by atoms with Crippen molar-refractivity contribution in [3.8, 4) is 0 Å².